The number of carbonyl (C=O) groups excluding carboxylic acids is 1. The lowest BCUT2D eigenvalue weighted by Crippen LogP contribution is -2.26. The van der Waals surface area contributed by atoms with Gasteiger partial charge in [-0.25, -0.2) is 0 Å². The van der Waals surface area contributed by atoms with Crippen molar-refractivity contribution < 1.29 is 14.7 Å². The molecule has 6 heteroatoms. The minimum Gasteiger partial charge on any atom is -0.480 e. The number of para-hydroxylation sites is 1. The number of aliphatic carboxylic acids is 1. The van der Waals surface area contributed by atoms with Crippen LogP contribution in [-0.4, -0.2) is 33.8 Å². The van der Waals surface area contributed by atoms with E-state index in [1.807, 2.05) is 12.3 Å². The maximum atomic E-state index is 12.6. The van der Waals surface area contributed by atoms with Crippen LogP contribution in [0.15, 0.2) is 53.6 Å². The highest BCUT2D eigenvalue weighted by molar-refractivity contribution is 8.00. The van der Waals surface area contributed by atoms with Gasteiger partial charge in [-0.15, -0.1) is 11.8 Å². The first-order valence-corrected chi connectivity index (χ1v) is 10.2. The summed E-state index contributed by atoms with van der Waals surface area (Å²) in [5.74, 6) is -1.08. The van der Waals surface area contributed by atoms with Gasteiger partial charge in [-0.1, -0.05) is 37.3 Å². The molecule has 0 radical (unpaired) electrons. The Bertz CT molecular complexity index is 996. The van der Waals surface area contributed by atoms with E-state index in [1.54, 1.807) is 25.1 Å². The number of carboxylic acids is 1. The number of amides is 1. The number of aryl methyl sites for hydroxylation is 1. The monoisotopic (exact) mass is 396 g/mol. The van der Waals surface area contributed by atoms with Crippen LogP contribution in [0, 0.1) is 0 Å². The van der Waals surface area contributed by atoms with E-state index in [0.717, 1.165) is 18.4 Å². The second-order valence-electron chi connectivity index (χ2n) is 6.61. The van der Waals surface area contributed by atoms with Crippen LogP contribution in [0.5, 0.6) is 0 Å². The van der Waals surface area contributed by atoms with E-state index in [2.05, 4.69) is 35.4 Å². The molecule has 0 aliphatic rings. The van der Waals surface area contributed by atoms with Gasteiger partial charge in [-0.3, -0.25) is 9.59 Å². The fourth-order valence-corrected chi connectivity index (χ4v) is 4.11. The van der Waals surface area contributed by atoms with Gasteiger partial charge in [-0.2, -0.15) is 0 Å². The standard InChI is InChI=1S/C22H24N2O3S/c1-3-15-7-6-9-17-16(13-24-20(15)17)11-12-23-21(25)18-8-4-5-10-19(18)28-14(2)22(26)27/h4-10,13-14,24H,3,11-12H2,1-2H3,(H,23,25)(H,26,27). The molecule has 1 atom stereocenters. The van der Waals surface area contributed by atoms with Crippen LogP contribution in [-0.2, 0) is 17.6 Å². The zero-order valence-electron chi connectivity index (χ0n) is 16.0. The van der Waals surface area contributed by atoms with Gasteiger partial charge in [0.05, 0.1) is 5.56 Å². The van der Waals surface area contributed by atoms with Crippen molar-refractivity contribution in [3.05, 3.63) is 65.4 Å². The molecule has 0 spiro atoms. The van der Waals surface area contributed by atoms with Crippen molar-refractivity contribution in [1.29, 1.82) is 0 Å². The molecule has 0 fully saturated rings. The normalized spacial score (nSPS) is 12.1. The van der Waals surface area contributed by atoms with Crippen LogP contribution in [0.25, 0.3) is 10.9 Å². The summed E-state index contributed by atoms with van der Waals surface area (Å²) >= 11 is 1.18. The Balaban J connectivity index is 1.66. The molecule has 28 heavy (non-hydrogen) atoms. The molecule has 0 aliphatic carbocycles. The molecular weight excluding hydrogens is 372 g/mol. The van der Waals surface area contributed by atoms with Crippen molar-refractivity contribution in [3.8, 4) is 0 Å². The molecule has 0 bridgehead atoms. The van der Waals surface area contributed by atoms with E-state index in [4.69, 9.17) is 5.11 Å². The highest BCUT2D eigenvalue weighted by Crippen LogP contribution is 2.27. The predicted octanol–water partition coefficient (Wildman–Crippen LogP) is 4.27. The smallest absolute Gasteiger partial charge is 0.316 e. The zero-order chi connectivity index (χ0) is 20.1. The summed E-state index contributed by atoms with van der Waals surface area (Å²) in [5, 5.41) is 12.7. The van der Waals surface area contributed by atoms with Crippen LogP contribution in [0.3, 0.4) is 0 Å². The van der Waals surface area contributed by atoms with E-state index >= 15 is 0 Å². The van der Waals surface area contributed by atoms with Gasteiger partial charge < -0.3 is 15.4 Å². The first-order valence-electron chi connectivity index (χ1n) is 9.35. The van der Waals surface area contributed by atoms with Gasteiger partial charge >= 0.3 is 5.97 Å². The van der Waals surface area contributed by atoms with E-state index in [1.165, 1.54) is 28.3 Å². The molecule has 1 heterocycles. The van der Waals surface area contributed by atoms with Crippen LogP contribution in [0.4, 0.5) is 0 Å². The molecule has 1 unspecified atom stereocenters. The van der Waals surface area contributed by atoms with Crippen LogP contribution >= 0.6 is 11.8 Å². The molecule has 146 valence electrons. The highest BCUT2D eigenvalue weighted by atomic mass is 32.2. The summed E-state index contributed by atoms with van der Waals surface area (Å²) in [6, 6.07) is 13.4. The van der Waals surface area contributed by atoms with E-state index in [9.17, 15) is 9.59 Å². The Kier molecular flexibility index (Phi) is 6.41. The highest BCUT2D eigenvalue weighted by Gasteiger charge is 2.17. The number of carboxylic acid groups (broad SMARTS) is 1. The van der Waals surface area contributed by atoms with Crippen molar-refractivity contribution in [3.63, 3.8) is 0 Å². The lowest BCUT2D eigenvalue weighted by atomic mass is 10.1. The fraction of sp³-hybridized carbons (Fsp3) is 0.273. The Hall–Kier alpha value is -2.73. The maximum absolute atomic E-state index is 12.6. The summed E-state index contributed by atoms with van der Waals surface area (Å²) < 4.78 is 0. The molecule has 0 aliphatic heterocycles. The summed E-state index contributed by atoms with van der Waals surface area (Å²) in [6.07, 6.45) is 3.70. The minimum absolute atomic E-state index is 0.185. The third-order valence-corrected chi connectivity index (χ3v) is 5.90. The number of aromatic amines is 1. The number of fused-ring (bicyclic) bond motifs is 1. The number of carbonyl (C=O) groups is 2. The number of nitrogens with one attached hydrogen (secondary N) is 2. The molecule has 1 amide bonds. The van der Waals surface area contributed by atoms with Gasteiger partial charge in [-0.05, 0) is 43.0 Å². The van der Waals surface area contributed by atoms with E-state index < -0.39 is 11.2 Å². The van der Waals surface area contributed by atoms with Gasteiger partial charge in [0.15, 0.2) is 0 Å². The molecule has 3 rings (SSSR count). The largest absolute Gasteiger partial charge is 0.480 e. The first kappa shape index (κ1) is 20.0. The summed E-state index contributed by atoms with van der Waals surface area (Å²) in [5.41, 5.74) is 4.13. The second kappa shape index (κ2) is 8.97. The minimum atomic E-state index is -0.897. The second-order valence-corrected chi connectivity index (χ2v) is 7.99. The molecule has 3 aromatic rings. The summed E-state index contributed by atoms with van der Waals surface area (Å²) in [6.45, 7) is 4.26. The molecular formula is C22H24N2O3S. The van der Waals surface area contributed by atoms with E-state index in [-0.39, 0.29) is 5.91 Å². The van der Waals surface area contributed by atoms with Crippen LogP contribution in [0.1, 0.15) is 35.3 Å². The van der Waals surface area contributed by atoms with E-state index in [0.29, 0.717) is 17.0 Å². The summed E-state index contributed by atoms with van der Waals surface area (Å²) in [7, 11) is 0. The quantitative estimate of drug-likeness (QED) is 0.497. The van der Waals surface area contributed by atoms with Crippen molar-refractivity contribution in [1.82, 2.24) is 10.3 Å². The molecule has 5 nitrogen and oxygen atoms in total. The number of hydrogen-bond acceptors (Lipinski definition) is 3. The third-order valence-electron chi connectivity index (χ3n) is 4.73. The van der Waals surface area contributed by atoms with Gasteiger partial charge in [0, 0.05) is 28.5 Å². The average Bonchev–Trinajstić information content (AvgIpc) is 3.11. The molecule has 0 saturated carbocycles. The molecule has 3 N–H and O–H groups in total. The van der Waals surface area contributed by atoms with Crippen molar-refractivity contribution in [2.45, 2.75) is 36.8 Å². The van der Waals surface area contributed by atoms with Gasteiger partial charge in [0.25, 0.3) is 5.91 Å². The number of thioether (sulfide) groups is 1. The van der Waals surface area contributed by atoms with Crippen LogP contribution < -0.4 is 5.32 Å². The Labute approximate surface area is 168 Å². The summed E-state index contributed by atoms with van der Waals surface area (Å²) in [4.78, 5) is 27.8. The number of rotatable bonds is 8. The fourth-order valence-electron chi connectivity index (χ4n) is 3.18. The first-order chi connectivity index (χ1) is 13.5. The lowest BCUT2D eigenvalue weighted by molar-refractivity contribution is -0.136. The van der Waals surface area contributed by atoms with Gasteiger partial charge in [0.2, 0.25) is 0 Å². The SMILES string of the molecule is CCc1cccc2c(CCNC(=O)c3ccccc3SC(C)C(=O)O)c[nH]c12. The topological polar surface area (TPSA) is 82.2 Å². The van der Waals surface area contributed by atoms with Gasteiger partial charge in [0.1, 0.15) is 5.25 Å². The van der Waals surface area contributed by atoms with Crippen molar-refractivity contribution in [2.75, 3.05) is 6.54 Å². The van der Waals surface area contributed by atoms with Crippen molar-refractivity contribution >= 4 is 34.5 Å². The van der Waals surface area contributed by atoms with Crippen molar-refractivity contribution in [2.24, 2.45) is 0 Å². The Morgan fingerprint density at radius 3 is 2.68 bits per heavy atom. The predicted molar refractivity (Wildman–Crippen MR) is 113 cm³/mol. The molecule has 2 aromatic carbocycles. The number of aromatic nitrogens is 1. The number of hydrogen-bond donors (Lipinski definition) is 3. The average molecular weight is 397 g/mol. The maximum Gasteiger partial charge on any atom is 0.316 e. The lowest BCUT2D eigenvalue weighted by Gasteiger charge is -2.11. The zero-order valence-corrected chi connectivity index (χ0v) is 16.8. The third kappa shape index (κ3) is 4.39. The Morgan fingerprint density at radius 2 is 1.93 bits per heavy atom. The molecule has 1 aromatic heterocycles. The molecule has 0 saturated heterocycles. The Morgan fingerprint density at radius 1 is 1.14 bits per heavy atom. The van der Waals surface area contributed by atoms with Crippen LogP contribution in [0.2, 0.25) is 0 Å². The number of benzene rings is 2. The number of H-pyrrole nitrogens is 1.